The van der Waals surface area contributed by atoms with E-state index in [1.54, 1.807) is 0 Å². The fraction of sp³-hybridized carbons (Fsp3) is 0.200. The zero-order valence-corrected chi connectivity index (χ0v) is 13.1. The van der Waals surface area contributed by atoms with E-state index in [1.807, 2.05) is 38.1 Å². The average molecular weight is 313 g/mol. The van der Waals surface area contributed by atoms with Crippen molar-refractivity contribution in [1.29, 1.82) is 0 Å². The molecule has 0 spiro atoms. The predicted octanol–water partition coefficient (Wildman–Crippen LogP) is 2.70. The minimum atomic E-state index is -0.0831. The molecular weight excluding hydrogens is 298 g/mol. The summed E-state index contributed by atoms with van der Waals surface area (Å²) in [5, 5.41) is 11.6. The van der Waals surface area contributed by atoms with Gasteiger partial charge in [0, 0.05) is 5.39 Å². The number of aromatic nitrogens is 4. The molecular formula is C15H15N5OS. The van der Waals surface area contributed by atoms with Crippen molar-refractivity contribution in [3.63, 3.8) is 0 Å². The largest absolute Gasteiger partial charge is 0.322 e. The summed E-state index contributed by atoms with van der Waals surface area (Å²) >= 11 is 1.40. The predicted molar refractivity (Wildman–Crippen MR) is 87.0 cm³/mol. The van der Waals surface area contributed by atoms with Gasteiger partial charge in [-0.25, -0.2) is 9.97 Å². The Hall–Kier alpha value is -2.41. The van der Waals surface area contributed by atoms with Gasteiger partial charge in [0.15, 0.2) is 0 Å². The summed E-state index contributed by atoms with van der Waals surface area (Å²) in [4.78, 5) is 20.6. The summed E-state index contributed by atoms with van der Waals surface area (Å²) in [6.45, 7) is 3.73. The highest BCUT2D eigenvalue weighted by molar-refractivity contribution is 8.00. The maximum absolute atomic E-state index is 12.1. The maximum Gasteiger partial charge on any atom is 0.234 e. The first-order chi connectivity index (χ1) is 10.6. The van der Waals surface area contributed by atoms with Crippen LogP contribution in [0.1, 0.15) is 11.4 Å². The van der Waals surface area contributed by atoms with Crippen LogP contribution in [0.4, 0.5) is 5.69 Å². The lowest BCUT2D eigenvalue weighted by Crippen LogP contribution is -2.15. The molecule has 0 aliphatic carbocycles. The first kappa shape index (κ1) is 14.5. The second-order valence-corrected chi connectivity index (χ2v) is 5.81. The van der Waals surface area contributed by atoms with E-state index in [4.69, 9.17) is 0 Å². The molecule has 7 heteroatoms. The Morgan fingerprint density at radius 3 is 2.86 bits per heavy atom. The van der Waals surface area contributed by atoms with Gasteiger partial charge in [0.1, 0.15) is 11.4 Å². The average Bonchev–Trinajstić information content (AvgIpc) is 2.85. The molecule has 22 heavy (non-hydrogen) atoms. The first-order valence-electron chi connectivity index (χ1n) is 6.79. The number of para-hydroxylation sites is 1. The molecule has 0 bridgehead atoms. The fourth-order valence-corrected chi connectivity index (χ4v) is 2.93. The summed E-state index contributed by atoms with van der Waals surface area (Å²) in [5.41, 5.74) is 3.26. The van der Waals surface area contributed by atoms with E-state index in [0.717, 1.165) is 33.0 Å². The quantitative estimate of drug-likeness (QED) is 0.571. The number of anilines is 1. The second kappa shape index (κ2) is 6.15. The summed E-state index contributed by atoms with van der Waals surface area (Å²) < 4.78 is 0. The number of rotatable bonds is 4. The van der Waals surface area contributed by atoms with Gasteiger partial charge >= 0.3 is 0 Å². The van der Waals surface area contributed by atoms with E-state index in [2.05, 4.69) is 25.5 Å². The molecule has 1 amide bonds. The van der Waals surface area contributed by atoms with Crippen LogP contribution in [0.25, 0.3) is 10.9 Å². The van der Waals surface area contributed by atoms with Gasteiger partial charge in [-0.3, -0.25) is 9.89 Å². The highest BCUT2D eigenvalue weighted by atomic mass is 32.2. The smallest absolute Gasteiger partial charge is 0.234 e. The number of hydrogen-bond acceptors (Lipinski definition) is 5. The molecule has 0 saturated carbocycles. The van der Waals surface area contributed by atoms with Crippen molar-refractivity contribution in [3.8, 4) is 0 Å². The van der Waals surface area contributed by atoms with Crippen LogP contribution < -0.4 is 5.32 Å². The molecule has 0 unspecified atom stereocenters. The number of H-pyrrole nitrogens is 1. The molecule has 6 nitrogen and oxygen atoms in total. The zero-order valence-electron chi connectivity index (χ0n) is 12.3. The van der Waals surface area contributed by atoms with Crippen LogP contribution in [0, 0.1) is 13.8 Å². The molecule has 1 aromatic carbocycles. The fourth-order valence-electron chi connectivity index (χ4n) is 2.14. The van der Waals surface area contributed by atoms with E-state index in [0.29, 0.717) is 0 Å². The van der Waals surface area contributed by atoms with Crippen molar-refractivity contribution in [2.24, 2.45) is 0 Å². The molecule has 112 valence electrons. The molecule has 0 aliphatic heterocycles. The number of carbonyl (C=O) groups is 1. The lowest BCUT2D eigenvalue weighted by Gasteiger charge is -2.06. The van der Waals surface area contributed by atoms with Gasteiger partial charge < -0.3 is 5.32 Å². The van der Waals surface area contributed by atoms with Gasteiger partial charge in [0.2, 0.25) is 5.91 Å². The SMILES string of the molecule is Cc1n[nH]c(C)c1NC(=O)CSc1ncnc2ccccc12. The van der Waals surface area contributed by atoms with Gasteiger partial charge in [-0.05, 0) is 19.9 Å². The van der Waals surface area contributed by atoms with E-state index in [-0.39, 0.29) is 11.7 Å². The Labute approximate surface area is 131 Å². The molecule has 2 heterocycles. The Morgan fingerprint density at radius 1 is 1.27 bits per heavy atom. The van der Waals surface area contributed by atoms with Crippen molar-refractivity contribution in [3.05, 3.63) is 42.0 Å². The third-order valence-corrected chi connectivity index (χ3v) is 4.24. The number of nitrogens with one attached hydrogen (secondary N) is 2. The van der Waals surface area contributed by atoms with Crippen LogP contribution in [0.15, 0.2) is 35.6 Å². The summed E-state index contributed by atoms with van der Waals surface area (Å²) in [6, 6.07) is 7.76. The van der Waals surface area contributed by atoms with Crippen molar-refractivity contribution in [1.82, 2.24) is 20.2 Å². The number of aryl methyl sites for hydroxylation is 2. The van der Waals surface area contributed by atoms with Crippen LogP contribution in [0.2, 0.25) is 0 Å². The number of aromatic amines is 1. The van der Waals surface area contributed by atoms with Gasteiger partial charge in [-0.2, -0.15) is 5.10 Å². The third kappa shape index (κ3) is 2.94. The molecule has 2 aromatic heterocycles. The number of nitrogens with zero attached hydrogens (tertiary/aromatic N) is 3. The lowest BCUT2D eigenvalue weighted by molar-refractivity contribution is -0.113. The monoisotopic (exact) mass is 313 g/mol. The van der Waals surface area contributed by atoms with Gasteiger partial charge in [0.05, 0.1) is 28.3 Å². The van der Waals surface area contributed by atoms with E-state index >= 15 is 0 Å². The van der Waals surface area contributed by atoms with Crippen molar-refractivity contribution >= 4 is 34.3 Å². The Bertz CT molecular complexity index is 805. The van der Waals surface area contributed by atoms with E-state index < -0.39 is 0 Å². The minimum Gasteiger partial charge on any atom is -0.322 e. The van der Waals surface area contributed by atoms with Gasteiger partial charge in [-0.15, -0.1) is 0 Å². The van der Waals surface area contributed by atoms with E-state index in [9.17, 15) is 4.79 Å². The normalized spacial score (nSPS) is 10.8. The Kier molecular flexibility index (Phi) is 4.06. The molecule has 0 fully saturated rings. The van der Waals surface area contributed by atoms with Crippen molar-refractivity contribution < 1.29 is 4.79 Å². The van der Waals surface area contributed by atoms with Gasteiger partial charge in [-0.1, -0.05) is 30.0 Å². The molecule has 0 aliphatic rings. The Balaban J connectivity index is 1.70. The molecule has 0 atom stereocenters. The molecule has 3 rings (SSSR count). The summed E-state index contributed by atoms with van der Waals surface area (Å²) in [7, 11) is 0. The number of fused-ring (bicyclic) bond motifs is 1. The van der Waals surface area contributed by atoms with Gasteiger partial charge in [0.25, 0.3) is 0 Å². The number of hydrogen-bond donors (Lipinski definition) is 2. The van der Waals surface area contributed by atoms with Crippen LogP contribution in [0.5, 0.6) is 0 Å². The Morgan fingerprint density at radius 2 is 2.09 bits per heavy atom. The lowest BCUT2D eigenvalue weighted by atomic mass is 10.2. The highest BCUT2D eigenvalue weighted by Crippen LogP contribution is 2.24. The number of amides is 1. The topological polar surface area (TPSA) is 83.6 Å². The van der Waals surface area contributed by atoms with E-state index in [1.165, 1.54) is 18.1 Å². The first-order valence-corrected chi connectivity index (χ1v) is 7.77. The molecule has 0 radical (unpaired) electrons. The maximum atomic E-state index is 12.1. The van der Waals surface area contributed by atoms with Crippen molar-refractivity contribution in [2.45, 2.75) is 18.9 Å². The van der Waals surface area contributed by atoms with Crippen molar-refractivity contribution in [2.75, 3.05) is 11.1 Å². The van der Waals surface area contributed by atoms with Crippen LogP contribution in [-0.4, -0.2) is 31.8 Å². The second-order valence-electron chi connectivity index (χ2n) is 4.84. The molecule has 0 saturated heterocycles. The minimum absolute atomic E-state index is 0.0831. The highest BCUT2D eigenvalue weighted by Gasteiger charge is 2.12. The molecule has 2 N–H and O–H groups in total. The molecule has 3 aromatic rings. The van der Waals surface area contributed by atoms with Crippen LogP contribution in [0.3, 0.4) is 0 Å². The summed E-state index contributed by atoms with van der Waals surface area (Å²) in [5.74, 6) is 0.200. The number of thioether (sulfide) groups is 1. The summed E-state index contributed by atoms with van der Waals surface area (Å²) in [6.07, 6.45) is 1.52. The van der Waals surface area contributed by atoms with Crippen LogP contribution >= 0.6 is 11.8 Å². The standard InChI is InChI=1S/C15H15N5OS/c1-9-14(10(2)20-19-9)18-13(21)7-22-15-11-5-3-4-6-12(11)16-8-17-15/h3-6,8H,7H2,1-2H3,(H,18,21)(H,19,20). The zero-order chi connectivity index (χ0) is 15.5. The number of carbonyl (C=O) groups excluding carboxylic acids is 1. The number of benzene rings is 1. The van der Waals surface area contributed by atoms with Crippen LogP contribution in [-0.2, 0) is 4.79 Å². The third-order valence-electron chi connectivity index (χ3n) is 3.24.